The molecular weight excluding hydrogens is 396 g/mol. The molecule has 0 bridgehead atoms. The Morgan fingerprint density at radius 1 is 1.07 bits per heavy atom. The monoisotopic (exact) mass is 412 g/mol. The number of amides is 1. The van der Waals surface area contributed by atoms with Crippen LogP contribution < -0.4 is 5.32 Å². The smallest absolute Gasteiger partial charge is 0.341 e. The Balaban J connectivity index is 2.35. The summed E-state index contributed by atoms with van der Waals surface area (Å²) in [6, 6.07) is 5.36. The second-order valence-corrected chi connectivity index (χ2v) is 6.52. The number of carbonyl (C=O) groups is 2. The number of nitrogens with zero attached hydrogens (tertiary/aromatic N) is 1. The maximum atomic E-state index is 14.0. The molecule has 0 aliphatic heterocycles. The molecule has 154 valence electrons. The van der Waals surface area contributed by atoms with Crippen LogP contribution in [0.25, 0.3) is 0 Å². The molecule has 0 spiro atoms. The molecule has 0 radical (unpaired) electrons. The molecule has 0 fully saturated rings. The van der Waals surface area contributed by atoms with E-state index in [1.807, 2.05) is 0 Å². The summed E-state index contributed by atoms with van der Waals surface area (Å²) in [6.45, 7) is 3.08. The standard InChI is InChI=1S/C19H16F4N2O4/c1-10(2)16(17(26)11-6-8-12(9-7-11)25(28)29)24-18(27)15-13(19(21,22)23)4-3-5-14(15)20/h3-10,16H,1-2H3,(H,24,27). The predicted octanol–water partition coefficient (Wildman–Crippen LogP) is 4.39. The van der Waals surface area contributed by atoms with E-state index in [2.05, 4.69) is 5.32 Å². The third kappa shape index (κ3) is 4.95. The molecule has 1 amide bonds. The highest BCUT2D eigenvalue weighted by atomic mass is 19.4. The van der Waals surface area contributed by atoms with E-state index in [1.54, 1.807) is 13.8 Å². The number of nitrogens with one attached hydrogen (secondary N) is 1. The minimum absolute atomic E-state index is 0.0131. The van der Waals surface area contributed by atoms with Crippen molar-refractivity contribution in [3.63, 3.8) is 0 Å². The Hall–Kier alpha value is -3.30. The lowest BCUT2D eigenvalue weighted by molar-refractivity contribution is -0.384. The maximum absolute atomic E-state index is 14.0. The molecule has 2 aromatic carbocycles. The molecule has 1 N–H and O–H groups in total. The van der Waals surface area contributed by atoms with Crippen LogP contribution in [-0.2, 0) is 6.18 Å². The number of non-ortho nitro benzene ring substituents is 1. The summed E-state index contributed by atoms with van der Waals surface area (Å²) < 4.78 is 53.4. The van der Waals surface area contributed by atoms with E-state index in [0.717, 1.165) is 18.2 Å². The van der Waals surface area contributed by atoms with E-state index in [0.29, 0.717) is 12.1 Å². The Kier molecular flexibility index (Phi) is 6.35. The van der Waals surface area contributed by atoms with Crippen LogP contribution in [0.15, 0.2) is 42.5 Å². The number of hydrogen-bond donors (Lipinski definition) is 1. The van der Waals surface area contributed by atoms with Gasteiger partial charge in [-0.1, -0.05) is 19.9 Å². The molecule has 0 aliphatic rings. The highest BCUT2D eigenvalue weighted by molar-refractivity contribution is 6.05. The molecule has 0 heterocycles. The first-order valence-corrected chi connectivity index (χ1v) is 8.38. The normalized spacial score (nSPS) is 12.5. The zero-order valence-electron chi connectivity index (χ0n) is 15.3. The number of carbonyl (C=O) groups excluding carboxylic acids is 2. The average Bonchev–Trinajstić information content (AvgIpc) is 2.64. The van der Waals surface area contributed by atoms with E-state index in [1.165, 1.54) is 12.1 Å². The van der Waals surface area contributed by atoms with Gasteiger partial charge in [0.25, 0.3) is 11.6 Å². The van der Waals surface area contributed by atoms with Crippen molar-refractivity contribution >= 4 is 17.4 Å². The fourth-order valence-electron chi connectivity index (χ4n) is 2.67. The third-order valence-electron chi connectivity index (χ3n) is 4.14. The van der Waals surface area contributed by atoms with Crippen LogP contribution in [0, 0.1) is 21.8 Å². The molecule has 1 atom stereocenters. The predicted molar refractivity (Wildman–Crippen MR) is 94.9 cm³/mol. The Labute approximate surface area is 162 Å². The summed E-state index contributed by atoms with van der Waals surface area (Å²) in [5.41, 5.74) is -2.91. The number of alkyl halides is 3. The summed E-state index contributed by atoms with van der Waals surface area (Å²) in [5.74, 6) is -3.98. The van der Waals surface area contributed by atoms with Gasteiger partial charge in [0.2, 0.25) is 0 Å². The second-order valence-electron chi connectivity index (χ2n) is 6.52. The lowest BCUT2D eigenvalue weighted by Gasteiger charge is -2.22. The molecular formula is C19H16F4N2O4. The number of hydrogen-bond acceptors (Lipinski definition) is 4. The lowest BCUT2D eigenvalue weighted by Crippen LogP contribution is -2.45. The molecule has 6 nitrogen and oxygen atoms in total. The molecule has 0 aromatic heterocycles. The first-order chi connectivity index (χ1) is 13.4. The van der Waals surface area contributed by atoms with E-state index in [-0.39, 0.29) is 11.3 Å². The van der Waals surface area contributed by atoms with E-state index in [4.69, 9.17) is 0 Å². The fraction of sp³-hybridized carbons (Fsp3) is 0.263. The van der Waals surface area contributed by atoms with Crippen molar-refractivity contribution < 1.29 is 32.1 Å². The van der Waals surface area contributed by atoms with Crippen molar-refractivity contribution in [2.75, 3.05) is 0 Å². The topological polar surface area (TPSA) is 89.3 Å². The van der Waals surface area contributed by atoms with Gasteiger partial charge in [-0.25, -0.2) is 4.39 Å². The quantitative estimate of drug-likeness (QED) is 0.330. The average molecular weight is 412 g/mol. The minimum Gasteiger partial charge on any atom is -0.341 e. The first kappa shape index (κ1) is 22.0. The Bertz CT molecular complexity index is 940. The van der Waals surface area contributed by atoms with E-state index < -0.39 is 51.7 Å². The molecule has 10 heteroatoms. The van der Waals surface area contributed by atoms with Gasteiger partial charge in [-0.05, 0) is 30.2 Å². The van der Waals surface area contributed by atoms with Gasteiger partial charge < -0.3 is 5.32 Å². The Morgan fingerprint density at radius 2 is 1.66 bits per heavy atom. The van der Waals surface area contributed by atoms with Gasteiger partial charge >= 0.3 is 6.18 Å². The van der Waals surface area contributed by atoms with Crippen molar-refractivity contribution in [2.24, 2.45) is 5.92 Å². The summed E-state index contributed by atoms with van der Waals surface area (Å²) in [5, 5.41) is 12.9. The van der Waals surface area contributed by atoms with Gasteiger partial charge in [0.1, 0.15) is 5.82 Å². The summed E-state index contributed by atoms with van der Waals surface area (Å²) in [4.78, 5) is 35.2. The fourth-order valence-corrected chi connectivity index (χ4v) is 2.67. The van der Waals surface area contributed by atoms with Gasteiger partial charge in [0.15, 0.2) is 5.78 Å². The van der Waals surface area contributed by atoms with Crippen LogP contribution >= 0.6 is 0 Å². The largest absolute Gasteiger partial charge is 0.417 e. The minimum atomic E-state index is -4.97. The van der Waals surface area contributed by atoms with E-state index in [9.17, 15) is 37.3 Å². The Morgan fingerprint density at radius 3 is 2.14 bits per heavy atom. The highest BCUT2D eigenvalue weighted by Crippen LogP contribution is 2.33. The summed E-state index contributed by atoms with van der Waals surface area (Å²) in [6.07, 6.45) is -4.97. The van der Waals surface area contributed by atoms with Crippen molar-refractivity contribution in [1.82, 2.24) is 5.32 Å². The molecule has 0 saturated carbocycles. The SMILES string of the molecule is CC(C)C(NC(=O)c1c(F)cccc1C(F)(F)F)C(=O)c1ccc([N+](=O)[O-])cc1. The van der Waals surface area contributed by atoms with Gasteiger partial charge in [-0.3, -0.25) is 19.7 Å². The number of nitro groups is 1. The maximum Gasteiger partial charge on any atom is 0.417 e. The number of rotatable bonds is 6. The van der Waals surface area contributed by atoms with Crippen LogP contribution in [-0.4, -0.2) is 22.7 Å². The van der Waals surface area contributed by atoms with Gasteiger partial charge in [0, 0.05) is 17.7 Å². The number of Topliss-reactive ketones (excluding diaryl/α,β-unsaturated/α-hetero) is 1. The highest BCUT2D eigenvalue weighted by Gasteiger charge is 2.38. The van der Waals surface area contributed by atoms with Gasteiger partial charge in [0.05, 0.1) is 22.1 Å². The number of halogens is 4. The zero-order valence-corrected chi connectivity index (χ0v) is 15.3. The van der Waals surface area contributed by atoms with E-state index >= 15 is 0 Å². The molecule has 0 saturated heterocycles. The van der Waals surface area contributed by atoms with Crippen molar-refractivity contribution in [1.29, 1.82) is 0 Å². The number of benzene rings is 2. The molecule has 2 rings (SSSR count). The van der Waals surface area contributed by atoms with Crippen molar-refractivity contribution in [2.45, 2.75) is 26.1 Å². The van der Waals surface area contributed by atoms with Crippen molar-refractivity contribution in [3.05, 3.63) is 75.1 Å². The van der Waals surface area contributed by atoms with Crippen LogP contribution in [0.1, 0.15) is 40.1 Å². The van der Waals surface area contributed by atoms with Crippen LogP contribution in [0.4, 0.5) is 23.2 Å². The van der Waals surface area contributed by atoms with Crippen LogP contribution in [0.5, 0.6) is 0 Å². The van der Waals surface area contributed by atoms with Gasteiger partial charge in [-0.2, -0.15) is 13.2 Å². The zero-order chi connectivity index (χ0) is 21.9. The van der Waals surface area contributed by atoms with Crippen LogP contribution in [0.3, 0.4) is 0 Å². The molecule has 2 aromatic rings. The first-order valence-electron chi connectivity index (χ1n) is 8.38. The van der Waals surface area contributed by atoms with Gasteiger partial charge in [-0.15, -0.1) is 0 Å². The molecule has 0 aliphatic carbocycles. The third-order valence-corrected chi connectivity index (χ3v) is 4.14. The second kappa shape index (κ2) is 8.38. The summed E-state index contributed by atoms with van der Waals surface area (Å²) in [7, 11) is 0. The summed E-state index contributed by atoms with van der Waals surface area (Å²) >= 11 is 0. The molecule has 29 heavy (non-hydrogen) atoms. The number of nitro benzene ring substituents is 1. The van der Waals surface area contributed by atoms with Crippen molar-refractivity contribution in [3.8, 4) is 0 Å². The lowest BCUT2D eigenvalue weighted by atomic mass is 9.94. The molecule has 1 unspecified atom stereocenters. The van der Waals surface area contributed by atoms with Crippen LogP contribution in [0.2, 0.25) is 0 Å². The number of ketones is 1.